The summed E-state index contributed by atoms with van der Waals surface area (Å²) in [4.78, 5) is 9.64. The summed E-state index contributed by atoms with van der Waals surface area (Å²) in [7, 11) is 3.09. The summed E-state index contributed by atoms with van der Waals surface area (Å²) in [5, 5.41) is 20.4. The van der Waals surface area contributed by atoms with Crippen LogP contribution < -0.4 is 15.3 Å². The monoisotopic (exact) mass is 499 g/mol. The van der Waals surface area contributed by atoms with Crippen LogP contribution in [0.2, 0.25) is 0 Å². The molecular formula is C29H33N5O3. The third-order valence-corrected chi connectivity index (χ3v) is 6.83. The van der Waals surface area contributed by atoms with E-state index < -0.39 is 0 Å². The van der Waals surface area contributed by atoms with Crippen LogP contribution in [0, 0.1) is 0 Å². The lowest BCUT2D eigenvalue weighted by molar-refractivity contribution is -0.0109. The second-order valence-corrected chi connectivity index (χ2v) is 9.31. The Hall–Kier alpha value is -3.88. The summed E-state index contributed by atoms with van der Waals surface area (Å²) < 4.78 is 7.34. The topological polar surface area (TPSA) is 84.7 Å². The number of hydrogen-bond donors (Lipinski definition) is 2. The Morgan fingerprint density at radius 1 is 1.05 bits per heavy atom. The van der Waals surface area contributed by atoms with Gasteiger partial charge in [0.2, 0.25) is 0 Å². The van der Waals surface area contributed by atoms with Gasteiger partial charge in [-0.1, -0.05) is 49.6 Å². The van der Waals surface area contributed by atoms with Gasteiger partial charge < -0.3 is 10.1 Å². The maximum Gasteiger partial charge on any atom is 0.137 e. The second kappa shape index (κ2) is 11.5. The van der Waals surface area contributed by atoms with E-state index in [2.05, 4.69) is 17.4 Å². The van der Waals surface area contributed by atoms with Crippen LogP contribution in [0.15, 0.2) is 60.8 Å². The van der Waals surface area contributed by atoms with Gasteiger partial charge in [0, 0.05) is 12.2 Å². The molecule has 2 aromatic heterocycles. The SMILES string of the molecule is COc1ccc(Cn2nc(/C=C/c3cccc(N(O)OC)c3)c3c(NC4CCCCC4)nccc32)cc1. The Morgan fingerprint density at radius 2 is 1.86 bits per heavy atom. The van der Waals surface area contributed by atoms with Crippen LogP contribution in [0.4, 0.5) is 11.5 Å². The minimum Gasteiger partial charge on any atom is -0.497 e. The molecule has 5 rings (SSSR count). The maximum atomic E-state index is 9.90. The number of fused-ring (bicyclic) bond motifs is 1. The van der Waals surface area contributed by atoms with Crippen LogP contribution in [0.25, 0.3) is 23.1 Å². The Kier molecular flexibility index (Phi) is 7.67. The highest BCUT2D eigenvalue weighted by Gasteiger charge is 2.19. The first-order valence-electron chi connectivity index (χ1n) is 12.7. The molecule has 1 saturated carbocycles. The molecule has 2 N–H and O–H groups in total. The summed E-state index contributed by atoms with van der Waals surface area (Å²) >= 11 is 0. The molecule has 1 aliphatic rings. The van der Waals surface area contributed by atoms with E-state index in [-0.39, 0.29) is 0 Å². The van der Waals surface area contributed by atoms with Crippen molar-refractivity contribution in [3.8, 4) is 5.75 Å². The molecule has 2 heterocycles. The highest BCUT2D eigenvalue weighted by Crippen LogP contribution is 2.30. The first-order chi connectivity index (χ1) is 18.1. The lowest BCUT2D eigenvalue weighted by atomic mass is 9.95. The van der Waals surface area contributed by atoms with Gasteiger partial charge in [0.15, 0.2) is 0 Å². The lowest BCUT2D eigenvalue weighted by Crippen LogP contribution is -2.22. The molecule has 0 atom stereocenters. The largest absolute Gasteiger partial charge is 0.497 e. The molecule has 0 aliphatic heterocycles. The summed E-state index contributed by atoms with van der Waals surface area (Å²) in [6, 6.07) is 18.0. The number of rotatable bonds is 9. The number of benzene rings is 2. The predicted molar refractivity (Wildman–Crippen MR) is 147 cm³/mol. The van der Waals surface area contributed by atoms with Crippen molar-refractivity contribution < 1.29 is 14.8 Å². The molecule has 0 unspecified atom stereocenters. The Balaban J connectivity index is 1.52. The maximum absolute atomic E-state index is 9.90. The summed E-state index contributed by atoms with van der Waals surface area (Å²) in [5.74, 6) is 1.71. The van der Waals surface area contributed by atoms with E-state index >= 15 is 0 Å². The third-order valence-electron chi connectivity index (χ3n) is 6.83. The summed E-state index contributed by atoms with van der Waals surface area (Å²) in [6.07, 6.45) is 12.0. The van der Waals surface area contributed by atoms with Gasteiger partial charge in [-0.15, -0.1) is 5.23 Å². The fourth-order valence-corrected chi connectivity index (χ4v) is 4.87. The highest BCUT2D eigenvalue weighted by atomic mass is 16.9. The molecule has 0 amide bonds. The Morgan fingerprint density at radius 3 is 2.62 bits per heavy atom. The minimum atomic E-state index is 0.426. The zero-order valence-corrected chi connectivity index (χ0v) is 21.3. The minimum absolute atomic E-state index is 0.426. The van der Waals surface area contributed by atoms with Crippen molar-refractivity contribution in [1.29, 1.82) is 0 Å². The smallest absolute Gasteiger partial charge is 0.137 e. The summed E-state index contributed by atoms with van der Waals surface area (Å²) in [6.45, 7) is 0.629. The number of ether oxygens (including phenoxy) is 1. The third kappa shape index (κ3) is 5.76. The number of nitrogens with one attached hydrogen (secondary N) is 1. The Labute approximate surface area is 217 Å². The van der Waals surface area contributed by atoms with Crippen LogP contribution in [-0.4, -0.2) is 40.2 Å². The summed E-state index contributed by atoms with van der Waals surface area (Å²) in [5.41, 5.74) is 4.46. The zero-order valence-electron chi connectivity index (χ0n) is 21.3. The number of nitrogens with zero attached hydrogens (tertiary/aromatic N) is 4. The van der Waals surface area contributed by atoms with Gasteiger partial charge in [-0.2, -0.15) is 5.10 Å². The van der Waals surface area contributed by atoms with E-state index in [0.717, 1.165) is 57.4 Å². The molecule has 1 aliphatic carbocycles. The molecule has 37 heavy (non-hydrogen) atoms. The predicted octanol–water partition coefficient (Wildman–Crippen LogP) is 6.16. The molecule has 0 saturated heterocycles. The van der Waals surface area contributed by atoms with Gasteiger partial charge in [-0.25, -0.2) is 4.98 Å². The van der Waals surface area contributed by atoms with Crippen molar-refractivity contribution in [1.82, 2.24) is 14.8 Å². The van der Waals surface area contributed by atoms with Gasteiger partial charge in [-0.3, -0.25) is 14.7 Å². The average Bonchev–Trinajstić information content (AvgIpc) is 3.30. The van der Waals surface area contributed by atoms with Crippen LogP contribution in [0.3, 0.4) is 0 Å². The quantitative estimate of drug-likeness (QED) is 0.267. The molecule has 0 bridgehead atoms. The van der Waals surface area contributed by atoms with Crippen LogP contribution in [0.5, 0.6) is 5.75 Å². The van der Waals surface area contributed by atoms with E-state index in [0.29, 0.717) is 18.3 Å². The van der Waals surface area contributed by atoms with Crippen molar-refractivity contribution in [2.45, 2.75) is 44.7 Å². The van der Waals surface area contributed by atoms with Gasteiger partial charge in [0.1, 0.15) is 11.6 Å². The molecule has 4 aromatic rings. The molecule has 2 aromatic carbocycles. The molecular weight excluding hydrogens is 466 g/mol. The van der Waals surface area contributed by atoms with E-state index in [9.17, 15) is 5.21 Å². The first kappa shape index (κ1) is 24.8. The fourth-order valence-electron chi connectivity index (χ4n) is 4.87. The molecule has 1 fully saturated rings. The molecule has 0 radical (unpaired) electrons. The van der Waals surface area contributed by atoms with Gasteiger partial charge >= 0.3 is 0 Å². The van der Waals surface area contributed by atoms with Crippen molar-refractivity contribution in [2.24, 2.45) is 0 Å². The van der Waals surface area contributed by atoms with E-state index in [1.165, 1.54) is 26.4 Å². The number of pyridine rings is 1. The number of aromatic nitrogens is 3. The standard InChI is InChI=1S/C29H33N5O3/c1-36-25-14-11-22(12-15-25)20-33-27-17-18-30-29(31-23-8-4-3-5-9-23)28(27)26(32-33)16-13-21-7-6-10-24(19-21)34(35)37-2/h6-7,10-19,23,35H,3-5,8-9,20H2,1-2H3,(H,30,31)/b16-13+. The first-order valence-corrected chi connectivity index (χ1v) is 12.7. The lowest BCUT2D eigenvalue weighted by Gasteiger charge is -2.23. The zero-order chi connectivity index (χ0) is 25.6. The van der Waals surface area contributed by atoms with Crippen LogP contribution in [-0.2, 0) is 11.4 Å². The average molecular weight is 500 g/mol. The van der Waals surface area contributed by atoms with E-state index in [1.54, 1.807) is 13.2 Å². The van der Waals surface area contributed by atoms with Crippen molar-refractivity contribution in [3.05, 3.63) is 77.6 Å². The van der Waals surface area contributed by atoms with Gasteiger partial charge in [0.05, 0.1) is 43.0 Å². The Bertz CT molecular complexity index is 1360. The van der Waals surface area contributed by atoms with Crippen LogP contribution >= 0.6 is 0 Å². The number of methoxy groups -OCH3 is 1. The van der Waals surface area contributed by atoms with Crippen LogP contribution in [0.1, 0.15) is 48.9 Å². The number of anilines is 2. The fraction of sp³-hybridized carbons (Fsp3) is 0.310. The molecule has 8 heteroatoms. The molecule has 192 valence electrons. The van der Waals surface area contributed by atoms with E-state index in [4.69, 9.17) is 19.7 Å². The van der Waals surface area contributed by atoms with Crippen molar-refractivity contribution in [3.63, 3.8) is 0 Å². The highest BCUT2D eigenvalue weighted by molar-refractivity contribution is 5.97. The normalized spacial score (nSPS) is 14.4. The number of hydrogen-bond acceptors (Lipinski definition) is 7. The molecule has 0 spiro atoms. The van der Waals surface area contributed by atoms with Crippen molar-refractivity contribution in [2.75, 3.05) is 24.8 Å². The van der Waals surface area contributed by atoms with E-state index in [1.807, 2.05) is 59.4 Å². The molecule has 8 nitrogen and oxygen atoms in total. The van der Waals surface area contributed by atoms with Gasteiger partial charge in [-0.05, 0) is 60.4 Å². The van der Waals surface area contributed by atoms with Crippen molar-refractivity contribution >= 4 is 34.6 Å². The second-order valence-electron chi connectivity index (χ2n) is 9.31. The van der Waals surface area contributed by atoms with Gasteiger partial charge in [0.25, 0.3) is 0 Å².